The van der Waals surface area contributed by atoms with Gasteiger partial charge in [0.05, 0.1) is 11.2 Å². The topological polar surface area (TPSA) is 52.6 Å². The van der Waals surface area contributed by atoms with Crippen molar-refractivity contribution in [1.29, 1.82) is 0 Å². The largest absolute Gasteiger partial charge is 0.491 e. The third-order valence-electron chi connectivity index (χ3n) is 6.83. The van der Waals surface area contributed by atoms with Crippen LogP contribution in [0.3, 0.4) is 0 Å². The maximum Gasteiger partial charge on any atom is 0.491 e. The van der Waals surface area contributed by atoms with E-state index in [-0.39, 0.29) is 24.5 Å². The van der Waals surface area contributed by atoms with Crippen molar-refractivity contribution in [3.63, 3.8) is 0 Å². The Morgan fingerprint density at radius 1 is 1.00 bits per heavy atom. The van der Waals surface area contributed by atoms with Gasteiger partial charge in [-0.25, -0.2) is 0 Å². The molecular formula is C23H31BO4. The van der Waals surface area contributed by atoms with Gasteiger partial charge in [0.15, 0.2) is 0 Å². The summed E-state index contributed by atoms with van der Waals surface area (Å²) in [5.74, 6) is 0.673. The Balaban J connectivity index is 0.000000706. The summed E-state index contributed by atoms with van der Waals surface area (Å²) in [4.78, 5) is 16.2. The zero-order chi connectivity index (χ0) is 20.5. The fourth-order valence-electron chi connectivity index (χ4n) is 4.67. The van der Waals surface area contributed by atoms with Gasteiger partial charge < -0.3 is 9.31 Å². The lowest BCUT2D eigenvalue weighted by molar-refractivity contribution is -0.191. The monoisotopic (exact) mass is 382 g/mol. The SMILES string of the molecule is Cc1ccc2c(c1)CC(B1OC(C)(C)C(C)(C)O1)=C2C1CCCCC1.O=C=O. The van der Waals surface area contributed by atoms with Gasteiger partial charge in [-0.3, -0.25) is 0 Å². The van der Waals surface area contributed by atoms with Crippen LogP contribution < -0.4 is 0 Å². The van der Waals surface area contributed by atoms with Gasteiger partial charge in [-0.15, -0.1) is 0 Å². The molecule has 3 aliphatic rings. The molecule has 0 bridgehead atoms. The van der Waals surface area contributed by atoms with Crippen LogP contribution in [0.2, 0.25) is 0 Å². The molecule has 1 saturated heterocycles. The van der Waals surface area contributed by atoms with E-state index in [4.69, 9.17) is 18.9 Å². The van der Waals surface area contributed by atoms with Crippen molar-refractivity contribution in [1.82, 2.24) is 0 Å². The molecule has 1 saturated carbocycles. The molecule has 0 N–H and O–H groups in total. The zero-order valence-electron chi connectivity index (χ0n) is 17.8. The summed E-state index contributed by atoms with van der Waals surface area (Å²) in [6.45, 7) is 10.8. The summed E-state index contributed by atoms with van der Waals surface area (Å²) in [5, 5.41) is 0. The fourth-order valence-corrected chi connectivity index (χ4v) is 4.67. The van der Waals surface area contributed by atoms with Crippen molar-refractivity contribution in [2.75, 3.05) is 0 Å². The molecule has 4 rings (SSSR count). The van der Waals surface area contributed by atoms with Gasteiger partial charge in [0.25, 0.3) is 0 Å². The van der Waals surface area contributed by atoms with E-state index in [9.17, 15) is 0 Å². The van der Waals surface area contributed by atoms with Gasteiger partial charge >= 0.3 is 13.3 Å². The maximum atomic E-state index is 8.12. The van der Waals surface area contributed by atoms with Crippen molar-refractivity contribution in [3.8, 4) is 0 Å². The average molecular weight is 382 g/mol. The van der Waals surface area contributed by atoms with Crippen LogP contribution in [0.4, 0.5) is 0 Å². The molecule has 1 aromatic rings. The average Bonchev–Trinajstić information content (AvgIpc) is 3.10. The van der Waals surface area contributed by atoms with Crippen LogP contribution >= 0.6 is 0 Å². The van der Waals surface area contributed by atoms with Crippen LogP contribution in [0.25, 0.3) is 5.57 Å². The molecule has 2 aliphatic carbocycles. The minimum absolute atomic E-state index is 0.199. The molecule has 0 spiro atoms. The molecule has 0 atom stereocenters. The number of hydrogen-bond donors (Lipinski definition) is 0. The zero-order valence-corrected chi connectivity index (χ0v) is 17.8. The van der Waals surface area contributed by atoms with Crippen molar-refractivity contribution in [3.05, 3.63) is 40.4 Å². The number of aryl methyl sites for hydroxylation is 1. The van der Waals surface area contributed by atoms with Gasteiger partial charge in [0.1, 0.15) is 0 Å². The molecule has 150 valence electrons. The van der Waals surface area contributed by atoms with Gasteiger partial charge in [-0.05, 0) is 82.0 Å². The highest BCUT2D eigenvalue weighted by atomic mass is 16.7. The highest BCUT2D eigenvalue weighted by molar-refractivity contribution is 6.56. The normalized spacial score (nSPS) is 23.1. The molecule has 0 aromatic heterocycles. The minimum Gasteiger partial charge on any atom is -0.400 e. The minimum atomic E-state index is -0.271. The van der Waals surface area contributed by atoms with Gasteiger partial charge in [-0.2, -0.15) is 9.59 Å². The Bertz CT molecular complexity index is 781. The van der Waals surface area contributed by atoms with Crippen LogP contribution in [0.5, 0.6) is 0 Å². The first kappa shape index (κ1) is 21.0. The Morgan fingerprint density at radius 3 is 2.14 bits per heavy atom. The quantitative estimate of drug-likeness (QED) is 0.681. The first-order valence-electron chi connectivity index (χ1n) is 10.4. The third-order valence-corrected chi connectivity index (χ3v) is 6.83. The summed E-state index contributed by atoms with van der Waals surface area (Å²) in [6, 6.07) is 6.96. The van der Waals surface area contributed by atoms with Crippen molar-refractivity contribution in [2.24, 2.45) is 5.92 Å². The van der Waals surface area contributed by atoms with E-state index < -0.39 is 0 Å². The smallest absolute Gasteiger partial charge is 0.400 e. The Labute approximate surface area is 168 Å². The van der Waals surface area contributed by atoms with Crippen molar-refractivity contribution in [2.45, 2.75) is 84.3 Å². The third kappa shape index (κ3) is 3.89. The molecule has 2 fully saturated rings. The highest BCUT2D eigenvalue weighted by Gasteiger charge is 2.53. The maximum absolute atomic E-state index is 8.12. The lowest BCUT2D eigenvalue weighted by atomic mass is 9.70. The first-order valence-corrected chi connectivity index (χ1v) is 10.4. The van der Waals surface area contributed by atoms with E-state index in [0.717, 1.165) is 6.42 Å². The molecule has 0 unspecified atom stereocenters. The number of hydrogen-bond acceptors (Lipinski definition) is 4. The number of rotatable bonds is 2. The number of carbonyl (C=O) groups excluding carboxylic acids is 2. The van der Waals surface area contributed by atoms with Crippen LogP contribution in [-0.2, 0) is 25.3 Å². The summed E-state index contributed by atoms with van der Waals surface area (Å²) >= 11 is 0. The van der Waals surface area contributed by atoms with Crippen molar-refractivity contribution >= 4 is 18.8 Å². The van der Waals surface area contributed by atoms with Crippen LogP contribution in [0, 0.1) is 12.8 Å². The van der Waals surface area contributed by atoms with Gasteiger partial charge in [0, 0.05) is 0 Å². The van der Waals surface area contributed by atoms with E-state index in [0.29, 0.717) is 5.92 Å². The second-order valence-corrected chi connectivity index (χ2v) is 9.28. The van der Waals surface area contributed by atoms with Crippen LogP contribution in [0.15, 0.2) is 23.7 Å². The second kappa shape index (κ2) is 7.98. The molecule has 5 heteroatoms. The van der Waals surface area contributed by atoms with E-state index in [1.54, 1.807) is 5.57 Å². The highest BCUT2D eigenvalue weighted by Crippen LogP contribution is 2.48. The molecule has 0 amide bonds. The second-order valence-electron chi connectivity index (χ2n) is 9.28. The molecule has 1 aromatic carbocycles. The fraction of sp³-hybridized carbons (Fsp3) is 0.609. The lowest BCUT2D eigenvalue weighted by Crippen LogP contribution is -2.41. The molecule has 1 aliphatic heterocycles. The predicted octanol–water partition coefficient (Wildman–Crippen LogP) is 4.93. The summed E-state index contributed by atoms with van der Waals surface area (Å²) in [6.07, 6.45) is 7.95. The summed E-state index contributed by atoms with van der Waals surface area (Å²) in [5.41, 5.74) is 6.67. The molecule has 28 heavy (non-hydrogen) atoms. The Morgan fingerprint density at radius 2 is 1.57 bits per heavy atom. The van der Waals surface area contributed by atoms with Gasteiger partial charge in [-0.1, -0.05) is 43.0 Å². The molecule has 1 heterocycles. The Kier molecular flexibility index (Phi) is 6.00. The van der Waals surface area contributed by atoms with E-state index in [2.05, 4.69) is 52.8 Å². The number of fused-ring (bicyclic) bond motifs is 1. The standard InChI is InChI=1S/C22H31BO2.CO2/c1-15-11-12-18-17(13-15)14-19(20(18)16-9-7-6-8-10-16)23-24-21(2,3)22(4,5)25-23;2-1-3/h11-13,16H,6-10,14H2,1-5H3;. The Hall–Kier alpha value is -1.68. The van der Waals surface area contributed by atoms with E-state index >= 15 is 0 Å². The van der Waals surface area contributed by atoms with Crippen LogP contribution in [0.1, 0.15) is 76.5 Å². The first-order chi connectivity index (χ1) is 13.2. The molecular weight excluding hydrogens is 351 g/mol. The van der Waals surface area contributed by atoms with Gasteiger partial charge in [0.2, 0.25) is 0 Å². The summed E-state index contributed by atoms with van der Waals surface area (Å²) < 4.78 is 12.9. The van der Waals surface area contributed by atoms with Crippen LogP contribution in [-0.4, -0.2) is 24.5 Å². The molecule has 0 radical (unpaired) electrons. The number of allylic oxidation sites excluding steroid dienone is 2. The number of benzene rings is 1. The summed E-state index contributed by atoms with van der Waals surface area (Å²) in [7, 11) is -0.199. The van der Waals surface area contributed by atoms with E-state index in [1.807, 2.05) is 0 Å². The van der Waals surface area contributed by atoms with E-state index in [1.165, 1.54) is 54.3 Å². The predicted molar refractivity (Wildman–Crippen MR) is 109 cm³/mol. The lowest BCUT2D eigenvalue weighted by Gasteiger charge is -2.32. The van der Waals surface area contributed by atoms with Crippen molar-refractivity contribution < 1.29 is 18.9 Å². The molecule has 4 nitrogen and oxygen atoms in total.